The van der Waals surface area contributed by atoms with Gasteiger partial charge in [0.25, 0.3) is 0 Å². The zero-order valence-corrected chi connectivity index (χ0v) is 13.2. The lowest BCUT2D eigenvalue weighted by atomic mass is 9.96. The van der Waals surface area contributed by atoms with E-state index in [1.54, 1.807) is 18.2 Å². The molecule has 0 spiro atoms. The minimum absolute atomic E-state index is 0.263. The molecule has 1 saturated heterocycles. The van der Waals surface area contributed by atoms with Crippen molar-refractivity contribution < 1.29 is 19.4 Å². The average Bonchev–Trinajstić information content (AvgIpc) is 2.37. The van der Waals surface area contributed by atoms with Crippen molar-refractivity contribution in [1.82, 2.24) is 4.90 Å². The summed E-state index contributed by atoms with van der Waals surface area (Å²) < 4.78 is 10.9. The Morgan fingerprint density at radius 2 is 2.14 bits per heavy atom. The quantitative estimate of drug-likeness (QED) is 0.830. The molecule has 116 valence electrons. The molecule has 1 aromatic carbocycles. The van der Waals surface area contributed by atoms with E-state index in [1.165, 1.54) is 0 Å². The van der Waals surface area contributed by atoms with Crippen LogP contribution >= 0.6 is 23.2 Å². The fraction of sp³-hybridized carbons (Fsp3) is 0.500. The number of carbonyl (C=O) groups is 1. The van der Waals surface area contributed by atoms with Crippen LogP contribution in [0.2, 0.25) is 10.0 Å². The van der Waals surface area contributed by atoms with Crippen LogP contribution in [-0.2, 0) is 9.53 Å². The van der Waals surface area contributed by atoms with Crippen molar-refractivity contribution in [2.45, 2.75) is 12.5 Å². The lowest BCUT2D eigenvalue weighted by Gasteiger charge is -2.47. The second-order valence-electron chi connectivity index (χ2n) is 5.27. The van der Waals surface area contributed by atoms with Crippen LogP contribution in [0.15, 0.2) is 18.2 Å². The first-order valence-electron chi connectivity index (χ1n) is 6.54. The highest BCUT2D eigenvalue weighted by Crippen LogP contribution is 2.28. The summed E-state index contributed by atoms with van der Waals surface area (Å²) in [6.07, 6.45) is 0. The van der Waals surface area contributed by atoms with E-state index in [1.807, 2.05) is 6.92 Å². The summed E-state index contributed by atoms with van der Waals surface area (Å²) in [4.78, 5) is 12.6. The van der Waals surface area contributed by atoms with Gasteiger partial charge in [0, 0.05) is 24.7 Å². The van der Waals surface area contributed by atoms with Gasteiger partial charge in [-0.2, -0.15) is 0 Å². The molecule has 5 nitrogen and oxygen atoms in total. The Bertz CT molecular complexity index is 518. The fourth-order valence-electron chi connectivity index (χ4n) is 2.26. The van der Waals surface area contributed by atoms with Crippen molar-refractivity contribution in [3.05, 3.63) is 28.2 Å². The first-order chi connectivity index (χ1) is 9.88. The Kier molecular flexibility index (Phi) is 5.32. The van der Waals surface area contributed by atoms with Crippen molar-refractivity contribution in [1.29, 1.82) is 0 Å². The largest absolute Gasteiger partial charge is 0.491 e. The van der Waals surface area contributed by atoms with Gasteiger partial charge in [0.05, 0.1) is 10.6 Å². The SMILES string of the molecule is CC1(OCC(=O)O)CN(CCOc2ccc(Cl)cc2Cl)C1. The smallest absolute Gasteiger partial charge is 0.329 e. The zero-order chi connectivity index (χ0) is 15.5. The molecule has 0 saturated carbocycles. The van der Waals surface area contributed by atoms with Gasteiger partial charge in [0.1, 0.15) is 19.0 Å². The highest BCUT2D eigenvalue weighted by molar-refractivity contribution is 6.35. The van der Waals surface area contributed by atoms with Crippen molar-refractivity contribution in [3.63, 3.8) is 0 Å². The van der Waals surface area contributed by atoms with Crippen molar-refractivity contribution in [3.8, 4) is 5.75 Å². The van der Waals surface area contributed by atoms with E-state index < -0.39 is 5.97 Å². The maximum atomic E-state index is 10.5. The minimum atomic E-state index is -0.949. The van der Waals surface area contributed by atoms with Gasteiger partial charge in [-0.25, -0.2) is 4.79 Å². The maximum absolute atomic E-state index is 10.5. The van der Waals surface area contributed by atoms with E-state index in [9.17, 15) is 4.79 Å². The fourth-order valence-corrected chi connectivity index (χ4v) is 2.73. The molecule has 0 radical (unpaired) electrons. The first-order valence-corrected chi connectivity index (χ1v) is 7.29. The lowest BCUT2D eigenvalue weighted by Crippen LogP contribution is -2.62. The van der Waals surface area contributed by atoms with Gasteiger partial charge in [0.2, 0.25) is 0 Å². The zero-order valence-electron chi connectivity index (χ0n) is 11.6. The van der Waals surface area contributed by atoms with Crippen LogP contribution in [0.3, 0.4) is 0 Å². The second kappa shape index (κ2) is 6.83. The molecule has 0 amide bonds. The van der Waals surface area contributed by atoms with Crippen LogP contribution in [0.1, 0.15) is 6.92 Å². The Hall–Kier alpha value is -1.01. The number of benzene rings is 1. The summed E-state index contributed by atoms with van der Waals surface area (Å²) in [5.41, 5.74) is -0.379. The molecule has 1 fully saturated rings. The van der Waals surface area contributed by atoms with E-state index in [0.29, 0.717) is 35.5 Å². The summed E-state index contributed by atoms with van der Waals surface area (Å²) >= 11 is 11.8. The summed E-state index contributed by atoms with van der Waals surface area (Å²) in [6, 6.07) is 5.10. The third-order valence-corrected chi connectivity index (χ3v) is 3.75. The Labute approximate surface area is 133 Å². The highest BCUT2D eigenvalue weighted by Gasteiger charge is 2.39. The van der Waals surface area contributed by atoms with Gasteiger partial charge in [-0.15, -0.1) is 0 Å². The molecule has 0 unspecified atom stereocenters. The molecule has 2 rings (SSSR count). The molecule has 7 heteroatoms. The van der Waals surface area contributed by atoms with E-state index in [4.69, 9.17) is 37.8 Å². The topological polar surface area (TPSA) is 59.0 Å². The number of hydrogen-bond donors (Lipinski definition) is 1. The monoisotopic (exact) mass is 333 g/mol. The van der Waals surface area contributed by atoms with E-state index >= 15 is 0 Å². The van der Waals surface area contributed by atoms with Crippen LogP contribution in [0.5, 0.6) is 5.75 Å². The number of ether oxygens (including phenoxy) is 2. The Morgan fingerprint density at radius 1 is 1.43 bits per heavy atom. The Morgan fingerprint density at radius 3 is 2.76 bits per heavy atom. The van der Waals surface area contributed by atoms with Gasteiger partial charge >= 0.3 is 5.97 Å². The molecule has 0 aliphatic carbocycles. The molecule has 1 N–H and O–H groups in total. The molecular weight excluding hydrogens is 317 g/mol. The van der Waals surface area contributed by atoms with E-state index in [-0.39, 0.29) is 12.2 Å². The third kappa shape index (κ3) is 4.74. The van der Waals surface area contributed by atoms with Crippen molar-refractivity contribution in [2.75, 3.05) is 32.8 Å². The number of likely N-dealkylation sites (tertiary alicyclic amines) is 1. The molecular formula is C14H17Cl2NO4. The van der Waals surface area contributed by atoms with Gasteiger partial charge in [-0.3, -0.25) is 4.90 Å². The van der Waals surface area contributed by atoms with E-state index in [0.717, 1.165) is 6.54 Å². The van der Waals surface area contributed by atoms with Crippen LogP contribution in [0.4, 0.5) is 0 Å². The molecule has 0 atom stereocenters. The van der Waals surface area contributed by atoms with Crippen LogP contribution in [0.25, 0.3) is 0 Å². The molecule has 0 bridgehead atoms. The number of nitrogens with zero attached hydrogens (tertiary/aromatic N) is 1. The van der Waals surface area contributed by atoms with Crippen LogP contribution < -0.4 is 4.74 Å². The lowest BCUT2D eigenvalue weighted by molar-refractivity contribution is -0.165. The number of carboxylic acids is 1. The molecule has 1 aliphatic rings. The summed E-state index contributed by atoms with van der Waals surface area (Å²) in [5, 5.41) is 9.65. The summed E-state index contributed by atoms with van der Waals surface area (Å²) in [6.45, 7) is 4.25. The normalized spacial score (nSPS) is 17.3. The second-order valence-corrected chi connectivity index (χ2v) is 6.11. The summed E-state index contributed by atoms with van der Waals surface area (Å²) in [7, 11) is 0. The molecule has 1 aliphatic heterocycles. The molecule has 21 heavy (non-hydrogen) atoms. The minimum Gasteiger partial charge on any atom is -0.491 e. The number of rotatable bonds is 7. The predicted octanol–water partition coefficient (Wildman–Crippen LogP) is 2.55. The number of hydrogen-bond acceptors (Lipinski definition) is 4. The third-order valence-electron chi connectivity index (χ3n) is 3.22. The number of carboxylic acid groups (broad SMARTS) is 1. The van der Waals surface area contributed by atoms with Crippen LogP contribution in [0, 0.1) is 0 Å². The van der Waals surface area contributed by atoms with E-state index in [2.05, 4.69) is 4.90 Å². The first kappa shape index (κ1) is 16.4. The Balaban J connectivity index is 1.68. The van der Waals surface area contributed by atoms with Crippen molar-refractivity contribution in [2.24, 2.45) is 0 Å². The molecule has 1 aromatic rings. The van der Waals surface area contributed by atoms with Gasteiger partial charge in [-0.05, 0) is 25.1 Å². The average molecular weight is 334 g/mol. The van der Waals surface area contributed by atoms with Crippen LogP contribution in [-0.4, -0.2) is 54.4 Å². The van der Waals surface area contributed by atoms with Gasteiger partial charge in [-0.1, -0.05) is 23.2 Å². The van der Waals surface area contributed by atoms with Gasteiger partial charge in [0.15, 0.2) is 0 Å². The highest BCUT2D eigenvalue weighted by atomic mass is 35.5. The standard InChI is InChI=1S/C14H17Cl2NO4/c1-14(21-7-13(18)19)8-17(9-14)4-5-20-12-3-2-10(15)6-11(12)16/h2-3,6H,4-5,7-9H2,1H3,(H,18,19). The maximum Gasteiger partial charge on any atom is 0.329 e. The molecule has 1 heterocycles. The predicted molar refractivity (Wildman–Crippen MR) is 80.4 cm³/mol. The van der Waals surface area contributed by atoms with Gasteiger partial charge < -0.3 is 14.6 Å². The number of halogens is 2. The molecule has 0 aromatic heterocycles. The van der Waals surface area contributed by atoms with Crippen molar-refractivity contribution >= 4 is 29.2 Å². The summed E-state index contributed by atoms with van der Waals surface area (Å²) in [5.74, 6) is -0.345. The number of aliphatic carboxylic acids is 1.